The van der Waals surface area contributed by atoms with E-state index in [4.69, 9.17) is 30.5 Å². The molecule has 0 saturated heterocycles. The van der Waals surface area contributed by atoms with Crippen molar-refractivity contribution in [3.05, 3.63) is 121 Å². The Morgan fingerprint density at radius 1 is 1.09 bits per heavy atom. The van der Waals surface area contributed by atoms with Gasteiger partial charge in [-0.05, 0) is 66.2 Å². The second kappa shape index (κ2) is 11.7. The summed E-state index contributed by atoms with van der Waals surface area (Å²) in [6, 6.07) is 23.9. The topological polar surface area (TPSA) is 116 Å². The molecule has 0 aliphatic carbocycles. The molecule has 9 nitrogen and oxygen atoms in total. The van der Waals surface area contributed by atoms with Crippen LogP contribution in [0.4, 0.5) is 0 Å². The largest absolute Gasteiger partial charge is 0.493 e. The summed E-state index contributed by atoms with van der Waals surface area (Å²) in [5.74, 6) is 0.334. The van der Waals surface area contributed by atoms with Gasteiger partial charge in [0.05, 0.1) is 29.8 Å². The van der Waals surface area contributed by atoms with Crippen molar-refractivity contribution in [3.8, 4) is 23.1 Å². The number of hydrogen-bond donors (Lipinski definition) is 1. The van der Waals surface area contributed by atoms with Gasteiger partial charge in [-0.1, -0.05) is 51.8 Å². The van der Waals surface area contributed by atoms with Gasteiger partial charge in [-0.25, -0.2) is 9.78 Å². The number of carboxylic acids is 1. The summed E-state index contributed by atoms with van der Waals surface area (Å²) < 4.78 is 19.6. The summed E-state index contributed by atoms with van der Waals surface area (Å²) >= 11 is 9.67. The molecule has 6 rings (SSSR count). The van der Waals surface area contributed by atoms with Crippen LogP contribution in [0.15, 0.2) is 104 Å². The number of aromatic carboxylic acids is 1. The van der Waals surface area contributed by atoms with Crippen LogP contribution in [-0.4, -0.2) is 34.1 Å². The molecule has 0 radical (unpaired) electrons. The van der Waals surface area contributed by atoms with Gasteiger partial charge in [-0.3, -0.25) is 4.79 Å². The fourth-order valence-corrected chi connectivity index (χ4v) is 5.16. The van der Waals surface area contributed by atoms with Crippen molar-refractivity contribution in [2.45, 2.75) is 6.61 Å². The number of furan rings is 1. The van der Waals surface area contributed by atoms with Crippen LogP contribution in [0.1, 0.15) is 21.5 Å². The van der Waals surface area contributed by atoms with E-state index in [1.165, 1.54) is 30.1 Å². The lowest BCUT2D eigenvalue weighted by molar-refractivity contribution is 0.0697. The summed E-state index contributed by atoms with van der Waals surface area (Å²) in [5.41, 5.74) is 2.13. The van der Waals surface area contributed by atoms with E-state index in [1.54, 1.807) is 72.8 Å². The Morgan fingerprint density at radius 2 is 1.88 bits per heavy atom. The zero-order valence-corrected chi connectivity index (χ0v) is 24.8. The second-order valence-corrected chi connectivity index (χ2v) is 10.8. The fourth-order valence-electron chi connectivity index (χ4n) is 4.52. The molecule has 1 N–H and O–H groups in total. The molecule has 0 spiro atoms. The second-order valence-electron chi connectivity index (χ2n) is 9.42. The van der Waals surface area contributed by atoms with Crippen LogP contribution < -0.4 is 15.0 Å². The van der Waals surface area contributed by atoms with E-state index >= 15 is 0 Å². The van der Waals surface area contributed by atoms with Crippen molar-refractivity contribution in [1.82, 2.24) is 9.66 Å². The number of rotatable bonds is 8. The monoisotopic (exact) mass is 657 g/mol. The highest BCUT2D eigenvalue weighted by molar-refractivity contribution is 9.10. The summed E-state index contributed by atoms with van der Waals surface area (Å²) in [4.78, 5) is 29.6. The number of halogens is 2. The SMILES string of the molecule is COc1cc(Br)cc(C=Nn2c(-c3cc4cc(Cl)ccc4o3)nc3ccccc3c2=O)c1OCc1ccc(C(=O)O)cc1. The summed E-state index contributed by atoms with van der Waals surface area (Å²) in [6.07, 6.45) is 1.48. The van der Waals surface area contributed by atoms with Crippen LogP contribution in [-0.2, 0) is 6.61 Å². The Labute approximate surface area is 257 Å². The number of nitrogens with zero attached hydrogens (tertiary/aromatic N) is 3. The van der Waals surface area contributed by atoms with Crippen molar-refractivity contribution in [2.24, 2.45) is 5.10 Å². The summed E-state index contributed by atoms with van der Waals surface area (Å²) in [5, 5.41) is 15.4. The maximum absolute atomic E-state index is 13.7. The zero-order valence-electron chi connectivity index (χ0n) is 22.5. The Bertz CT molecular complexity index is 2100. The third-order valence-corrected chi connectivity index (χ3v) is 7.31. The molecule has 0 aliphatic rings. The summed E-state index contributed by atoms with van der Waals surface area (Å²) in [6.45, 7) is 0.128. The highest BCUT2D eigenvalue weighted by Crippen LogP contribution is 2.35. The summed E-state index contributed by atoms with van der Waals surface area (Å²) in [7, 11) is 1.51. The van der Waals surface area contributed by atoms with Gasteiger partial charge in [0.15, 0.2) is 17.3 Å². The predicted molar refractivity (Wildman–Crippen MR) is 168 cm³/mol. The number of aromatic nitrogens is 2. The first kappa shape index (κ1) is 28.2. The van der Waals surface area contributed by atoms with E-state index in [0.717, 1.165) is 10.9 Å². The van der Waals surface area contributed by atoms with E-state index in [1.807, 2.05) is 0 Å². The van der Waals surface area contributed by atoms with E-state index < -0.39 is 11.5 Å². The molecule has 214 valence electrons. The van der Waals surface area contributed by atoms with Gasteiger partial charge in [0.1, 0.15) is 12.2 Å². The van der Waals surface area contributed by atoms with Gasteiger partial charge in [0.2, 0.25) is 5.82 Å². The molecule has 0 aliphatic heterocycles. The first-order chi connectivity index (χ1) is 20.8. The quantitative estimate of drug-likeness (QED) is 0.170. The van der Waals surface area contributed by atoms with Crippen LogP contribution in [0.25, 0.3) is 33.5 Å². The number of carbonyl (C=O) groups is 1. The molecule has 0 fully saturated rings. The number of hydrogen-bond acceptors (Lipinski definition) is 7. The maximum atomic E-state index is 13.7. The number of benzene rings is 4. The minimum Gasteiger partial charge on any atom is -0.493 e. The molecule has 0 bridgehead atoms. The van der Waals surface area contributed by atoms with E-state index in [9.17, 15) is 14.7 Å². The first-order valence-corrected chi connectivity index (χ1v) is 14.1. The van der Waals surface area contributed by atoms with Crippen LogP contribution in [0.3, 0.4) is 0 Å². The smallest absolute Gasteiger partial charge is 0.335 e. The van der Waals surface area contributed by atoms with Crippen LogP contribution in [0.5, 0.6) is 11.5 Å². The van der Waals surface area contributed by atoms with E-state index in [0.29, 0.717) is 48.8 Å². The van der Waals surface area contributed by atoms with E-state index in [2.05, 4.69) is 21.0 Å². The Morgan fingerprint density at radius 3 is 2.65 bits per heavy atom. The molecule has 2 heterocycles. The van der Waals surface area contributed by atoms with Crippen molar-refractivity contribution in [3.63, 3.8) is 0 Å². The maximum Gasteiger partial charge on any atom is 0.335 e. The lowest BCUT2D eigenvalue weighted by Gasteiger charge is -2.14. The lowest BCUT2D eigenvalue weighted by Crippen LogP contribution is -2.20. The molecule has 2 aromatic heterocycles. The number of methoxy groups -OCH3 is 1. The van der Waals surface area contributed by atoms with Crippen LogP contribution in [0, 0.1) is 0 Å². The number of fused-ring (bicyclic) bond motifs is 2. The highest BCUT2D eigenvalue weighted by Gasteiger charge is 2.18. The van der Waals surface area contributed by atoms with Crippen molar-refractivity contribution in [1.29, 1.82) is 0 Å². The molecule has 0 unspecified atom stereocenters. The number of para-hydroxylation sites is 1. The molecule has 0 saturated carbocycles. The van der Waals surface area contributed by atoms with Crippen LogP contribution >= 0.6 is 27.5 Å². The molecular weight excluding hydrogens is 638 g/mol. The molecule has 43 heavy (non-hydrogen) atoms. The van der Waals surface area contributed by atoms with Crippen molar-refractivity contribution in [2.75, 3.05) is 7.11 Å². The zero-order chi connectivity index (χ0) is 30.1. The average Bonchev–Trinajstić information content (AvgIpc) is 3.43. The molecule has 4 aromatic carbocycles. The third kappa shape index (κ3) is 5.75. The van der Waals surface area contributed by atoms with Crippen molar-refractivity contribution < 1.29 is 23.8 Å². The Balaban J connectivity index is 1.44. The van der Waals surface area contributed by atoms with Crippen LogP contribution in [0.2, 0.25) is 5.02 Å². The minimum atomic E-state index is -1.01. The van der Waals surface area contributed by atoms with Gasteiger partial charge in [0.25, 0.3) is 5.56 Å². The van der Waals surface area contributed by atoms with Gasteiger partial charge in [-0.2, -0.15) is 9.78 Å². The van der Waals surface area contributed by atoms with Crippen molar-refractivity contribution >= 4 is 61.6 Å². The fraction of sp³-hybridized carbons (Fsp3) is 0.0625. The lowest BCUT2D eigenvalue weighted by atomic mass is 10.1. The molecular formula is C32H21BrClN3O6. The van der Waals surface area contributed by atoms with Gasteiger partial charge < -0.3 is 19.0 Å². The minimum absolute atomic E-state index is 0.128. The molecule has 0 amide bonds. The van der Waals surface area contributed by atoms with Gasteiger partial charge in [-0.15, -0.1) is 0 Å². The molecule has 11 heteroatoms. The number of carboxylic acid groups (broad SMARTS) is 1. The predicted octanol–water partition coefficient (Wildman–Crippen LogP) is 7.39. The highest BCUT2D eigenvalue weighted by atomic mass is 79.9. The van der Waals surface area contributed by atoms with Gasteiger partial charge >= 0.3 is 5.97 Å². The van der Waals surface area contributed by atoms with E-state index in [-0.39, 0.29) is 18.0 Å². The molecule has 0 atom stereocenters. The first-order valence-electron chi connectivity index (χ1n) is 12.9. The normalized spacial score (nSPS) is 11.4. The standard InChI is InChI=1S/C32H21BrClN3O6/c1-41-27-15-22(33)12-21(29(27)42-17-18-6-8-19(9-7-18)32(39)40)16-35-37-30(36-25-5-3-2-4-24(25)31(37)38)28-14-20-13-23(34)10-11-26(20)43-28/h2-16H,17H2,1H3,(H,39,40). The van der Waals surface area contributed by atoms with Gasteiger partial charge in [0, 0.05) is 20.4 Å². The Hall–Kier alpha value is -4.93. The molecule has 6 aromatic rings. The third-order valence-electron chi connectivity index (χ3n) is 6.62. The Kier molecular flexibility index (Phi) is 7.71. The average molecular weight is 659 g/mol. The number of ether oxygens (including phenoxy) is 2.